The fourth-order valence-electron chi connectivity index (χ4n) is 2.29. The molecule has 0 radical (unpaired) electrons. The highest BCUT2D eigenvalue weighted by Crippen LogP contribution is 2.18. The van der Waals surface area contributed by atoms with Gasteiger partial charge in [-0.3, -0.25) is 9.69 Å². The lowest BCUT2D eigenvalue weighted by molar-refractivity contribution is -0.123. The minimum atomic E-state index is -1.02. The van der Waals surface area contributed by atoms with Crippen molar-refractivity contribution in [3.63, 3.8) is 0 Å². The summed E-state index contributed by atoms with van der Waals surface area (Å²) >= 11 is 0. The lowest BCUT2D eigenvalue weighted by atomic mass is 9.96. The van der Waals surface area contributed by atoms with E-state index in [9.17, 15) is 9.59 Å². The van der Waals surface area contributed by atoms with E-state index in [2.05, 4.69) is 9.88 Å². The Labute approximate surface area is 111 Å². The van der Waals surface area contributed by atoms with Crippen LogP contribution in [-0.4, -0.2) is 40.0 Å². The second kappa shape index (κ2) is 5.79. The number of carboxylic acid groups (broad SMARTS) is 1. The largest absolute Gasteiger partial charge is 0.477 e. The van der Waals surface area contributed by atoms with Crippen LogP contribution in [0.5, 0.6) is 0 Å². The van der Waals surface area contributed by atoms with E-state index in [1.54, 1.807) is 6.07 Å². The normalized spacial score (nSPS) is 17.3. The number of rotatable bonds is 4. The number of nitrogens with zero attached hydrogens (tertiary/aromatic N) is 2. The molecular weight excluding hydrogens is 246 g/mol. The van der Waals surface area contributed by atoms with Crippen molar-refractivity contribution in [1.29, 1.82) is 0 Å². The summed E-state index contributed by atoms with van der Waals surface area (Å²) in [6.07, 6.45) is 1.52. The number of hydrogen-bond acceptors (Lipinski definition) is 4. The summed E-state index contributed by atoms with van der Waals surface area (Å²) in [5.41, 5.74) is 6.08. The number of aromatic nitrogens is 1. The van der Waals surface area contributed by atoms with Crippen LogP contribution in [0.25, 0.3) is 0 Å². The van der Waals surface area contributed by atoms with Crippen molar-refractivity contribution < 1.29 is 14.7 Å². The van der Waals surface area contributed by atoms with Crippen LogP contribution in [0.1, 0.15) is 29.0 Å². The first-order valence-corrected chi connectivity index (χ1v) is 6.27. The van der Waals surface area contributed by atoms with Gasteiger partial charge in [0.25, 0.3) is 0 Å². The van der Waals surface area contributed by atoms with E-state index in [1.807, 2.05) is 6.07 Å². The minimum Gasteiger partial charge on any atom is -0.477 e. The molecule has 1 amide bonds. The van der Waals surface area contributed by atoms with E-state index in [4.69, 9.17) is 10.8 Å². The second-order valence-corrected chi connectivity index (χ2v) is 4.77. The van der Waals surface area contributed by atoms with Gasteiger partial charge in [0.15, 0.2) is 0 Å². The van der Waals surface area contributed by atoms with Gasteiger partial charge in [-0.2, -0.15) is 0 Å². The fourth-order valence-corrected chi connectivity index (χ4v) is 2.29. The molecule has 1 fully saturated rings. The van der Waals surface area contributed by atoms with Crippen LogP contribution in [0.3, 0.4) is 0 Å². The number of likely N-dealkylation sites (tertiary alicyclic amines) is 1. The summed E-state index contributed by atoms with van der Waals surface area (Å²) in [5, 5.41) is 8.88. The summed E-state index contributed by atoms with van der Waals surface area (Å²) in [6, 6.07) is 4.99. The van der Waals surface area contributed by atoms with Gasteiger partial charge in [0.1, 0.15) is 5.69 Å². The maximum absolute atomic E-state index is 11.1. The third-order valence-corrected chi connectivity index (χ3v) is 3.40. The van der Waals surface area contributed by atoms with Crippen molar-refractivity contribution in [1.82, 2.24) is 9.88 Å². The van der Waals surface area contributed by atoms with Crippen LogP contribution in [0, 0.1) is 5.92 Å². The quantitative estimate of drug-likeness (QED) is 0.823. The molecule has 0 saturated carbocycles. The first kappa shape index (κ1) is 13.5. The number of primary amides is 1. The third kappa shape index (κ3) is 3.51. The molecule has 0 atom stereocenters. The van der Waals surface area contributed by atoms with Crippen LogP contribution < -0.4 is 5.73 Å². The molecule has 3 N–H and O–H groups in total. The van der Waals surface area contributed by atoms with E-state index in [0.717, 1.165) is 31.6 Å². The van der Waals surface area contributed by atoms with E-state index in [1.165, 1.54) is 6.07 Å². The molecule has 1 aromatic heterocycles. The smallest absolute Gasteiger partial charge is 0.354 e. The van der Waals surface area contributed by atoms with Gasteiger partial charge in [-0.1, -0.05) is 6.07 Å². The number of amides is 1. The monoisotopic (exact) mass is 263 g/mol. The second-order valence-electron chi connectivity index (χ2n) is 4.77. The predicted molar refractivity (Wildman–Crippen MR) is 68.4 cm³/mol. The standard InChI is InChI=1S/C13H17N3O3/c14-12(17)9-4-6-16(7-5-9)8-10-2-1-3-11(15-10)13(18)19/h1-3,9H,4-8H2,(H2,14,17)(H,18,19). The van der Waals surface area contributed by atoms with Crippen molar-refractivity contribution in [2.24, 2.45) is 11.7 Å². The number of nitrogens with two attached hydrogens (primary N) is 1. The molecule has 6 heteroatoms. The summed E-state index contributed by atoms with van der Waals surface area (Å²) in [4.78, 5) is 28.1. The van der Waals surface area contributed by atoms with Gasteiger partial charge in [-0.05, 0) is 38.1 Å². The Kier molecular flexibility index (Phi) is 4.11. The SMILES string of the molecule is NC(=O)C1CCN(Cc2cccc(C(=O)O)n2)CC1. The van der Waals surface area contributed by atoms with E-state index in [-0.39, 0.29) is 17.5 Å². The predicted octanol–water partition coefficient (Wildman–Crippen LogP) is 0.477. The maximum atomic E-state index is 11.1. The summed E-state index contributed by atoms with van der Waals surface area (Å²) < 4.78 is 0. The Bertz CT molecular complexity index is 482. The average Bonchev–Trinajstić information content (AvgIpc) is 2.39. The number of carboxylic acids is 1. The summed E-state index contributed by atoms with van der Waals surface area (Å²) in [7, 11) is 0. The van der Waals surface area contributed by atoms with Gasteiger partial charge in [0.2, 0.25) is 5.91 Å². The number of aromatic carboxylic acids is 1. The Morgan fingerprint density at radius 3 is 2.63 bits per heavy atom. The van der Waals surface area contributed by atoms with Gasteiger partial charge in [-0.15, -0.1) is 0 Å². The van der Waals surface area contributed by atoms with E-state index >= 15 is 0 Å². The zero-order valence-electron chi connectivity index (χ0n) is 10.6. The first-order valence-electron chi connectivity index (χ1n) is 6.27. The van der Waals surface area contributed by atoms with Gasteiger partial charge >= 0.3 is 5.97 Å². The molecule has 19 heavy (non-hydrogen) atoms. The van der Waals surface area contributed by atoms with Crippen LogP contribution in [-0.2, 0) is 11.3 Å². The van der Waals surface area contributed by atoms with Crippen LogP contribution >= 0.6 is 0 Å². The molecule has 0 unspecified atom stereocenters. The highest BCUT2D eigenvalue weighted by molar-refractivity contribution is 5.85. The Balaban J connectivity index is 1.94. The number of pyridine rings is 1. The van der Waals surface area contributed by atoms with Crippen LogP contribution in [0.4, 0.5) is 0 Å². The summed E-state index contributed by atoms with van der Waals surface area (Å²) in [5.74, 6) is -1.28. The highest BCUT2D eigenvalue weighted by Gasteiger charge is 2.23. The fraction of sp³-hybridized carbons (Fsp3) is 0.462. The maximum Gasteiger partial charge on any atom is 0.354 e. The Hall–Kier alpha value is -1.95. The number of carbonyl (C=O) groups excluding carboxylic acids is 1. The molecule has 0 bridgehead atoms. The van der Waals surface area contributed by atoms with E-state index in [0.29, 0.717) is 6.54 Å². The van der Waals surface area contributed by atoms with Crippen molar-refractivity contribution in [3.8, 4) is 0 Å². The summed E-state index contributed by atoms with van der Waals surface area (Å²) in [6.45, 7) is 2.17. The first-order chi connectivity index (χ1) is 9.06. The molecule has 1 aromatic rings. The Morgan fingerprint density at radius 1 is 1.37 bits per heavy atom. The van der Waals surface area contributed by atoms with Gasteiger partial charge in [0, 0.05) is 12.5 Å². The van der Waals surface area contributed by atoms with Crippen molar-refractivity contribution in [2.75, 3.05) is 13.1 Å². The number of piperidine rings is 1. The molecule has 2 rings (SSSR count). The van der Waals surface area contributed by atoms with Gasteiger partial charge in [-0.25, -0.2) is 9.78 Å². The molecule has 0 aromatic carbocycles. The molecule has 0 aliphatic carbocycles. The minimum absolute atomic E-state index is 0.0328. The van der Waals surface area contributed by atoms with Crippen LogP contribution in [0.15, 0.2) is 18.2 Å². The number of hydrogen-bond donors (Lipinski definition) is 2. The average molecular weight is 263 g/mol. The highest BCUT2D eigenvalue weighted by atomic mass is 16.4. The molecule has 0 spiro atoms. The molecule has 6 nitrogen and oxygen atoms in total. The van der Waals surface area contributed by atoms with Crippen molar-refractivity contribution >= 4 is 11.9 Å². The zero-order chi connectivity index (χ0) is 13.8. The lowest BCUT2D eigenvalue weighted by Gasteiger charge is -2.30. The van der Waals surface area contributed by atoms with Gasteiger partial charge in [0.05, 0.1) is 5.69 Å². The molecule has 1 aliphatic heterocycles. The van der Waals surface area contributed by atoms with Gasteiger partial charge < -0.3 is 10.8 Å². The molecule has 102 valence electrons. The molecule has 2 heterocycles. The van der Waals surface area contributed by atoms with E-state index < -0.39 is 5.97 Å². The van der Waals surface area contributed by atoms with Crippen LogP contribution in [0.2, 0.25) is 0 Å². The molecular formula is C13H17N3O3. The topological polar surface area (TPSA) is 96.5 Å². The molecule has 1 saturated heterocycles. The van der Waals surface area contributed by atoms with Crippen molar-refractivity contribution in [3.05, 3.63) is 29.6 Å². The lowest BCUT2D eigenvalue weighted by Crippen LogP contribution is -2.38. The Morgan fingerprint density at radius 2 is 2.05 bits per heavy atom. The number of carbonyl (C=O) groups is 2. The third-order valence-electron chi connectivity index (χ3n) is 3.40. The zero-order valence-corrected chi connectivity index (χ0v) is 10.6. The van der Waals surface area contributed by atoms with Crippen molar-refractivity contribution in [2.45, 2.75) is 19.4 Å². The molecule has 1 aliphatic rings.